The van der Waals surface area contributed by atoms with Crippen molar-refractivity contribution in [1.29, 1.82) is 0 Å². The largest absolute Gasteiger partial charge is 0.456 e. The highest BCUT2D eigenvalue weighted by Crippen LogP contribution is 2.35. The molecule has 0 atom stereocenters. The molecule has 4 rings (SSSR count). The number of fused-ring (bicyclic) bond motifs is 3. The zero-order valence-corrected chi connectivity index (χ0v) is 12.5. The maximum atomic E-state index is 5.98. The summed E-state index contributed by atoms with van der Waals surface area (Å²) in [5.74, 6) is 0. The number of hydrogen-bond donors (Lipinski definition) is 0. The molecule has 1 aliphatic rings. The standard InChI is InChI=1S/C18H13BrO/c19-15-7-4-8-16-18(15)14-10-9-13(11-17(14)20-16)12-5-2-1-3-6-12/h2,4-11H,1,3H2. The molecule has 0 saturated heterocycles. The molecule has 0 bridgehead atoms. The van der Waals surface area contributed by atoms with Crippen molar-refractivity contribution in [3.63, 3.8) is 0 Å². The van der Waals surface area contributed by atoms with Crippen molar-refractivity contribution >= 4 is 43.4 Å². The van der Waals surface area contributed by atoms with Gasteiger partial charge in [-0.2, -0.15) is 0 Å². The van der Waals surface area contributed by atoms with Gasteiger partial charge in [0.15, 0.2) is 0 Å². The zero-order valence-electron chi connectivity index (χ0n) is 10.9. The van der Waals surface area contributed by atoms with E-state index in [-0.39, 0.29) is 0 Å². The van der Waals surface area contributed by atoms with Crippen LogP contribution in [0, 0.1) is 0 Å². The van der Waals surface area contributed by atoms with Gasteiger partial charge in [-0.3, -0.25) is 0 Å². The SMILES string of the molecule is Brc1cccc2oc3cc(C4=CCCC=C4)ccc3c12. The van der Waals surface area contributed by atoms with E-state index in [2.05, 4.69) is 58.4 Å². The van der Waals surface area contributed by atoms with Crippen molar-refractivity contribution in [2.75, 3.05) is 0 Å². The molecule has 1 heterocycles. The molecular weight excluding hydrogens is 312 g/mol. The summed E-state index contributed by atoms with van der Waals surface area (Å²) >= 11 is 3.61. The molecule has 0 N–H and O–H groups in total. The fourth-order valence-electron chi connectivity index (χ4n) is 2.79. The molecule has 0 radical (unpaired) electrons. The second-order valence-electron chi connectivity index (χ2n) is 5.07. The van der Waals surface area contributed by atoms with E-state index in [4.69, 9.17) is 4.42 Å². The van der Waals surface area contributed by atoms with Gasteiger partial charge in [0.2, 0.25) is 0 Å². The summed E-state index contributed by atoms with van der Waals surface area (Å²) < 4.78 is 7.07. The van der Waals surface area contributed by atoms with Crippen LogP contribution in [0.2, 0.25) is 0 Å². The number of hydrogen-bond acceptors (Lipinski definition) is 1. The van der Waals surface area contributed by atoms with E-state index < -0.39 is 0 Å². The average molecular weight is 325 g/mol. The summed E-state index contributed by atoms with van der Waals surface area (Å²) in [5, 5.41) is 2.32. The third kappa shape index (κ3) is 1.83. The first kappa shape index (κ1) is 12.0. The van der Waals surface area contributed by atoms with Gasteiger partial charge in [0.05, 0.1) is 0 Å². The van der Waals surface area contributed by atoms with E-state index in [0.717, 1.165) is 39.3 Å². The highest BCUT2D eigenvalue weighted by molar-refractivity contribution is 9.10. The molecule has 0 fully saturated rings. The summed E-state index contributed by atoms with van der Waals surface area (Å²) in [6.07, 6.45) is 8.98. The van der Waals surface area contributed by atoms with Crippen LogP contribution >= 0.6 is 15.9 Å². The molecule has 20 heavy (non-hydrogen) atoms. The molecule has 1 aromatic heterocycles. The second-order valence-corrected chi connectivity index (χ2v) is 5.92. The van der Waals surface area contributed by atoms with E-state index in [1.807, 2.05) is 12.1 Å². The third-order valence-corrected chi connectivity index (χ3v) is 4.44. The minimum absolute atomic E-state index is 0.930. The average Bonchev–Trinajstić information content (AvgIpc) is 2.87. The minimum atomic E-state index is 0.930. The maximum Gasteiger partial charge on any atom is 0.136 e. The fourth-order valence-corrected chi connectivity index (χ4v) is 3.35. The van der Waals surface area contributed by atoms with Crippen LogP contribution in [0.15, 0.2) is 63.5 Å². The predicted octanol–water partition coefficient (Wildman–Crippen LogP) is 6.08. The lowest BCUT2D eigenvalue weighted by atomic mass is 9.98. The van der Waals surface area contributed by atoms with Crippen LogP contribution in [0.5, 0.6) is 0 Å². The monoisotopic (exact) mass is 324 g/mol. The van der Waals surface area contributed by atoms with E-state index in [1.165, 1.54) is 11.1 Å². The normalized spacial score (nSPS) is 14.9. The Morgan fingerprint density at radius 1 is 1.00 bits per heavy atom. The summed E-state index contributed by atoms with van der Waals surface area (Å²) in [7, 11) is 0. The predicted molar refractivity (Wildman–Crippen MR) is 87.8 cm³/mol. The van der Waals surface area contributed by atoms with Crippen molar-refractivity contribution in [3.05, 3.63) is 64.7 Å². The second kappa shape index (κ2) is 4.64. The van der Waals surface area contributed by atoms with Gasteiger partial charge in [0.25, 0.3) is 0 Å². The topological polar surface area (TPSA) is 13.1 Å². The van der Waals surface area contributed by atoms with Crippen molar-refractivity contribution in [1.82, 2.24) is 0 Å². The molecule has 0 spiro atoms. The molecular formula is C18H13BrO. The van der Waals surface area contributed by atoms with Gasteiger partial charge < -0.3 is 4.42 Å². The van der Waals surface area contributed by atoms with Crippen LogP contribution in [0.3, 0.4) is 0 Å². The summed E-state index contributed by atoms with van der Waals surface area (Å²) in [6.45, 7) is 0. The first-order valence-corrected chi connectivity index (χ1v) is 7.60. The van der Waals surface area contributed by atoms with E-state index >= 15 is 0 Å². The van der Waals surface area contributed by atoms with Crippen molar-refractivity contribution in [2.45, 2.75) is 12.8 Å². The fraction of sp³-hybridized carbons (Fsp3) is 0.111. The van der Waals surface area contributed by atoms with Gasteiger partial charge in [-0.15, -0.1) is 0 Å². The highest BCUT2D eigenvalue weighted by Gasteiger charge is 2.11. The minimum Gasteiger partial charge on any atom is -0.456 e. The molecule has 0 saturated carbocycles. The highest BCUT2D eigenvalue weighted by atomic mass is 79.9. The Morgan fingerprint density at radius 2 is 1.95 bits per heavy atom. The lowest BCUT2D eigenvalue weighted by Gasteiger charge is -2.06. The Morgan fingerprint density at radius 3 is 2.80 bits per heavy atom. The Kier molecular flexibility index (Phi) is 2.78. The van der Waals surface area contributed by atoms with Crippen LogP contribution in [0.4, 0.5) is 0 Å². The van der Waals surface area contributed by atoms with Gasteiger partial charge in [0.1, 0.15) is 11.2 Å². The quantitative estimate of drug-likeness (QED) is 0.528. The Hall–Kier alpha value is -1.80. The Labute approximate surface area is 125 Å². The van der Waals surface area contributed by atoms with Crippen LogP contribution in [0.25, 0.3) is 27.5 Å². The molecule has 0 amide bonds. The number of rotatable bonds is 1. The third-order valence-electron chi connectivity index (χ3n) is 3.77. The van der Waals surface area contributed by atoms with Gasteiger partial charge in [0, 0.05) is 15.2 Å². The molecule has 1 nitrogen and oxygen atoms in total. The molecule has 2 heteroatoms. The van der Waals surface area contributed by atoms with Gasteiger partial charge >= 0.3 is 0 Å². The number of furan rings is 1. The Balaban J connectivity index is 1.96. The molecule has 98 valence electrons. The summed E-state index contributed by atoms with van der Waals surface area (Å²) in [5.41, 5.74) is 4.39. The first-order valence-electron chi connectivity index (χ1n) is 6.81. The maximum absolute atomic E-state index is 5.98. The van der Waals surface area contributed by atoms with Crippen LogP contribution < -0.4 is 0 Å². The van der Waals surface area contributed by atoms with Gasteiger partial charge in [-0.05, 0) is 48.2 Å². The van der Waals surface area contributed by atoms with Gasteiger partial charge in [-0.1, -0.05) is 46.3 Å². The van der Waals surface area contributed by atoms with E-state index in [0.29, 0.717) is 0 Å². The van der Waals surface area contributed by atoms with E-state index in [9.17, 15) is 0 Å². The number of benzene rings is 2. The smallest absolute Gasteiger partial charge is 0.136 e. The molecule has 1 aliphatic carbocycles. The van der Waals surface area contributed by atoms with Crippen molar-refractivity contribution < 1.29 is 4.42 Å². The number of allylic oxidation sites excluding steroid dienone is 4. The van der Waals surface area contributed by atoms with Crippen LogP contribution in [0.1, 0.15) is 18.4 Å². The lowest BCUT2D eigenvalue weighted by Crippen LogP contribution is -1.85. The van der Waals surface area contributed by atoms with E-state index in [1.54, 1.807) is 0 Å². The van der Waals surface area contributed by atoms with Crippen LogP contribution in [-0.2, 0) is 0 Å². The lowest BCUT2D eigenvalue weighted by molar-refractivity contribution is 0.668. The summed E-state index contributed by atoms with van der Waals surface area (Å²) in [6, 6.07) is 12.5. The number of halogens is 1. The first-order chi connectivity index (χ1) is 9.83. The summed E-state index contributed by atoms with van der Waals surface area (Å²) in [4.78, 5) is 0. The van der Waals surface area contributed by atoms with Crippen LogP contribution in [-0.4, -0.2) is 0 Å². The molecule has 0 aliphatic heterocycles. The zero-order chi connectivity index (χ0) is 13.5. The molecule has 3 aromatic rings. The van der Waals surface area contributed by atoms with Crippen molar-refractivity contribution in [3.8, 4) is 0 Å². The molecule has 0 unspecified atom stereocenters. The Bertz CT molecular complexity index is 868. The van der Waals surface area contributed by atoms with Crippen molar-refractivity contribution in [2.24, 2.45) is 0 Å². The van der Waals surface area contributed by atoms with Gasteiger partial charge in [-0.25, -0.2) is 0 Å². The molecule has 2 aromatic carbocycles.